The van der Waals surface area contributed by atoms with Crippen molar-refractivity contribution in [3.05, 3.63) is 12.4 Å². The van der Waals surface area contributed by atoms with Gasteiger partial charge < -0.3 is 15.7 Å². The summed E-state index contributed by atoms with van der Waals surface area (Å²) in [7, 11) is 0. The number of carbonyl (C=O) groups excluding carboxylic acids is 1. The number of amides is 2. The van der Waals surface area contributed by atoms with Crippen LogP contribution in [0, 0.1) is 0 Å². The zero-order valence-electron chi connectivity index (χ0n) is 8.94. The van der Waals surface area contributed by atoms with E-state index in [1.165, 1.54) is 0 Å². The summed E-state index contributed by atoms with van der Waals surface area (Å²) in [6.07, 6.45) is 6.15. The topological polar surface area (TPSA) is 90.0 Å². The first-order valence-electron chi connectivity index (χ1n) is 5.48. The molecule has 4 N–H and O–H groups in total. The number of rotatable bonds is 2. The van der Waals surface area contributed by atoms with Gasteiger partial charge in [-0.1, -0.05) is 0 Å². The summed E-state index contributed by atoms with van der Waals surface area (Å²) in [4.78, 5) is 11.5. The van der Waals surface area contributed by atoms with Gasteiger partial charge in [-0.3, -0.25) is 5.10 Å². The molecule has 0 bridgehead atoms. The Morgan fingerprint density at radius 3 is 2.81 bits per heavy atom. The number of anilines is 1. The number of aliphatic hydroxyl groups is 1. The molecule has 0 spiro atoms. The van der Waals surface area contributed by atoms with Crippen LogP contribution in [-0.2, 0) is 0 Å². The monoisotopic (exact) mass is 224 g/mol. The highest BCUT2D eigenvalue weighted by Crippen LogP contribution is 2.18. The van der Waals surface area contributed by atoms with Gasteiger partial charge in [0.05, 0.1) is 18.0 Å². The molecule has 0 unspecified atom stereocenters. The second-order valence-corrected chi connectivity index (χ2v) is 4.09. The molecule has 6 nitrogen and oxygen atoms in total. The number of hydrogen-bond donors (Lipinski definition) is 4. The van der Waals surface area contributed by atoms with E-state index in [9.17, 15) is 9.90 Å². The number of hydrogen-bond acceptors (Lipinski definition) is 3. The number of aliphatic hydroxyl groups excluding tert-OH is 1. The maximum absolute atomic E-state index is 11.5. The van der Waals surface area contributed by atoms with Crippen LogP contribution in [0.25, 0.3) is 0 Å². The minimum Gasteiger partial charge on any atom is -0.393 e. The predicted octanol–water partition coefficient (Wildman–Crippen LogP) is 0.835. The zero-order valence-corrected chi connectivity index (χ0v) is 8.94. The van der Waals surface area contributed by atoms with Crippen LogP contribution in [0.5, 0.6) is 0 Å². The summed E-state index contributed by atoms with van der Waals surface area (Å²) in [5, 5.41) is 21.2. The van der Waals surface area contributed by atoms with E-state index in [0.717, 1.165) is 25.7 Å². The molecule has 0 saturated heterocycles. The van der Waals surface area contributed by atoms with Gasteiger partial charge in [0.1, 0.15) is 0 Å². The minimum absolute atomic E-state index is 0.162. The van der Waals surface area contributed by atoms with Crippen molar-refractivity contribution in [2.24, 2.45) is 0 Å². The fourth-order valence-corrected chi connectivity index (χ4v) is 1.89. The van der Waals surface area contributed by atoms with Crippen molar-refractivity contribution < 1.29 is 9.90 Å². The lowest BCUT2D eigenvalue weighted by Crippen LogP contribution is -2.40. The second-order valence-electron chi connectivity index (χ2n) is 4.09. The van der Waals surface area contributed by atoms with E-state index in [0.29, 0.717) is 5.69 Å². The van der Waals surface area contributed by atoms with Crippen molar-refractivity contribution in [2.75, 3.05) is 5.32 Å². The van der Waals surface area contributed by atoms with Gasteiger partial charge in [-0.2, -0.15) is 5.10 Å². The van der Waals surface area contributed by atoms with Gasteiger partial charge >= 0.3 is 6.03 Å². The molecule has 1 aromatic heterocycles. The number of urea groups is 1. The van der Waals surface area contributed by atoms with Crippen LogP contribution in [0.4, 0.5) is 10.5 Å². The van der Waals surface area contributed by atoms with E-state index in [4.69, 9.17) is 0 Å². The lowest BCUT2D eigenvalue weighted by molar-refractivity contribution is 0.118. The minimum atomic E-state index is -0.220. The predicted molar refractivity (Wildman–Crippen MR) is 59.0 cm³/mol. The number of H-pyrrole nitrogens is 1. The van der Waals surface area contributed by atoms with Crippen LogP contribution in [0.1, 0.15) is 25.7 Å². The summed E-state index contributed by atoms with van der Waals surface area (Å²) in [5.41, 5.74) is 0.647. The van der Waals surface area contributed by atoms with Gasteiger partial charge in [0.15, 0.2) is 0 Å². The van der Waals surface area contributed by atoms with E-state index in [-0.39, 0.29) is 18.2 Å². The van der Waals surface area contributed by atoms with Crippen molar-refractivity contribution in [2.45, 2.75) is 37.8 Å². The third-order valence-electron chi connectivity index (χ3n) is 2.79. The summed E-state index contributed by atoms with van der Waals surface area (Å²) in [6, 6.07) is -0.0573. The van der Waals surface area contributed by atoms with E-state index < -0.39 is 0 Å². The fourth-order valence-electron chi connectivity index (χ4n) is 1.89. The fraction of sp³-hybridized carbons (Fsp3) is 0.600. The number of aromatic nitrogens is 2. The standard InChI is InChI=1S/C10H16N4O2/c15-9-3-1-7(2-4-9)13-10(16)14-8-5-11-12-6-8/h5-7,9,15H,1-4H2,(H,11,12)(H2,13,14,16). The number of nitrogens with zero attached hydrogens (tertiary/aromatic N) is 1. The largest absolute Gasteiger partial charge is 0.393 e. The number of aromatic amines is 1. The first kappa shape index (κ1) is 10.9. The highest BCUT2D eigenvalue weighted by molar-refractivity contribution is 5.89. The summed E-state index contributed by atoms with van der Waals surface area (Å²) >= 11 is 0. The van der Waals surface area contributed by atoms with Crippen molar-refractivity contribution >= 4 is 11.7 Å². The molecule has 2 amide bonds. The normalized spacial score (nSPS) is 25.1. The molecule has 2 rings (SSSR count). The van der Waals surface area contributed by atoms with Gasteiger partial charge in [-0.15, -0.1) is 0 Å². The first-order valence-corrected chi connectivity index (χ1v) is 5.48. The summed E-state index contributed by atoms with van der Waals surface area (Å²) in [6.45, 7) is 0. The van der Waals surface area contributed by atoms with Crippen LogP contribution in [-0.4, -0.2) is 33.5 Å². The SMILES string of the molecule is O=C(Nc1cn[nH]c1)NC1CCC(O)CC1. The highest BCUT2D eigenvalue weighted by Gasteiger charge is 2.20. The molecule has 1 aliphatic rings. The second kappa shape index (κ2) is 4.98. The van der Waals surface area contributed by atoms with Crippen LogP contribution in [0.15, 0.2) is 12.4 Å². The van der Waals surface area contributed by atoms with Crippen molar-refractivity contribution in [3.8, 4) is 0 Å². The molecule has 0 atom stereocenters. The maximum atomic E-state index is 11.5. The third-order valence-corrected chi connectivity index (χ3v) is 2.79. The average molecular weight is 224 g/mol. The van der Waals surface area contributed by atoms with E-state index in [2.05, 4.69) is 20.8 Å². The van der Waals surface area contributed by atoms with Crippen LogP contribution in [0.2, 0.25) is 0 Å². The summed E-state index contributed by atoms with van der Waals surface area (Å²) in [5.74, 6) is 0. The van der Waals surface area contributed by atoms with Crippen LogP contribution in [0.3, 0.4) is 0 Å². The lowest BCUT2D eigenvalue weighted by Gasteiger charge is -2.26. The first-order chi connectivity index (χ1) is 7.74. The van der Waals surface area contributed by atoms with Gasteiger partial charge in [0.25, 0.3) is 0 Å². The highest BCUT2D eigenvalue weighted by atomic mass is 16.3. The molecule has 88 valence electrons. The van der Waals surface area contributed by atoms with Crippen molar-refractivity contribution in [1.29, 1.82) is 0 Å². The van der Waals surface area contributed by atoms with Gasteiger partial charge in [0, 0.05) is 12.2 Å². The smallest absolute Gasteiger partial charge is 0.319 e. The molecule has 1 saturated carbocycles. The lowest BCUT2D eigenvalue weighted by atomic mass is 9.93. The van der Waals surface area contributed by atoms with Gasteiger partial charge in [-0.05, 0) is 25.7 Å². The van der Waals surface area contributed by atoms with Crippen LogP contribution < -0.4 is 10.6 Å². The van der Waals surface area contributed by atoms with Gasteiger partial charge in [0.2, 0.25) is 0 Å². The van der Waals surface area contributed by atoms with E-state index >= 15 is 0 Å². The van der Waals surface area contributed by atoms with Crippen molar-refractivity contribution in [3.63, 3.8) is 0 Å². The Hall–Kier alpha value is -1.56. The quantitative estimate of drug-likeness (QED) is 0.600. The number of carbonyl (C=O) groups is 1. The molecule has 0 aromatic carbocycles. The Morgan fingerprint density at radius 1 is 1.44 bits per heavy atom. The summed E-state index contributed by atoms with van der Waals surface area (Å²) < 4.78 is 0. The Bertz CT molecular complexity index is 331. The molecule has 1 heterocycles. The molecular formula is C10H16N4O2. The van der Waals surface area contributed by atoms with E-state index in [1.807, 2.05) is 0 Å². The Labute approximate surface area is 93.4 Å². The van der Waals surface area contributed by atoms with Crippen molar-refractivity contribution in [1.82, 2.24) is 15.5 Å². The Balaban J connectivity index is 1.75. The molecular weight excluding hydrogens is 208 g/mol. The Kier molecular flexibility index (Phi) is 3.40. The van der Waals surface area contributed by atoms with Gasteiger partial charge in [-0.25, -0.2) is 4.79 Å². The molecule has 6 heteroatoms. The molecule has 0 radical (unpaired) electrons. The van der Waals surface area contributed by atoms with Crippen LogP contribution >= 0.6 is 0 Å². The molecule has 1 fully saturated rings. The molecule has 0 aliphatic heterocycles. The molecule has 1 aliphatic carbocycles. The molecule has 1 aromatic rings. The van der Waals surface area contributed by atoms with E-state index in [1.54, 1.807) is 12.4 Å². The maximum Gasteiger partial charge on any atom is 0.319 e. The number of nitrogens with one attached hydrogen (secondary N) is 3. The zero-order chi connectivity index (χ0) is 11.4. The third kappa shape index (κ3) is 2.96. The average Bonchev–Trinajstić information content (AvgIpc) is 2.74. The Morgan fingerprint density at radius 2 is 2.19 bits per heavy atom. The molecule has 16 heavy (non-hydrogen) atoms.